The number of hydrogen-bond donors (Lipinski definition) is 1. The van der Waals surface area contributed by atoms with Crippen molar-refractivity contribution in [2.24, 2.45) is 5.73 Å². The van der Waals surface area contributed by atoms with Gasteiger partial charge in [-0.05, 0) is 33.1 Å². The van der Waals surface area contributed by atoms with Gasteiger partial charge in [-0.25, -0.2) is 4.79 Å². The summed E-state index contributed by atoms with van der Waals surface area (Å²) in [5.74, 6) is 0. The van der Waals surface area contributed by atoms with Gasteiger partial charge in [0.1, 0.15) is 6.10 Å². The van der Waals surface area contributed by atoms with Crippen molar-refractivity contribution in [1.29, 1.82) is 0 Å². The molecule has 4 heteroatoms. The van der Waals surface area contributed by atoms with Crippen molar-refractivity contribution in [3.05, 3.63) is 0 Å². The Bertz CT molecular complexity index is 194. The molecule has 0 aromatic carbocycles. The van der Waals surface area contributed by atoms with Crippen LogP contribution in [-0.2, 0) is 9.47 Å². The summed E-state index contributed by atoms with van der Waals surface area (Å²) in [6, 6.07) is -0.0246. The Morgan fingerprint density at radius 2 is 2.00 bits per heavy atom. The highest BCUT2D eigenvalue weighted by molar-refractivity contribution is 5.60. The van der Waals surface area contributed by atoms with Gasteiger partial charge in [0.25, 0.3) is 0 Å². The molecule has 0 aromatic rings. The van der Waals surface area contributed by atoms with Crippen molar-refractivity contribution >= 4 is 6.16 Å². The number of rotatable bonds is 2. The second-order valence-electron chi connectivity index (χ2n) is 4.02. The van der Waals surface area contributed by atoms with Gasteiger partial charge in [0.05, 0.1) is 6.10 Å². The Morgan fingerprint density at radius 1 is 1.36 bits per heavy atom. The third-order valence-electron chi connectivity index (χ3n) is 2.33. The summed E-state index contributed by atoms with van der Waals surface area (Å²) in [6.07, 6.45) is 3.10. The van der Waals surface area contributed by atoms with E-state index in [1.807, 2.05) is 0 Å². The lowest BCUT2D eigenvalue weighted by Crippen LogP contribution is -2.40. The molecule has 0 aliphatic heterocycles. The van der Waals surface area contributed by atoms with Crippen molar-refractivity contribution in [2.45, 2.75) is 57.8 Å². The van der Waals surface area contributed by atoms with Crippen molar-refractivity contribution in [2.75, 3.05) is 0 Å². The van der Waals surface area contributed by atoms with Crippen molar-refractivity contribution in [3.63, 3.8) is 0 Å². The lowest BCUT2D eigenvalue weighted by molar-refractivity contribution is -0.00947. The average molecular weight is 201 g/mol. The van der Waals surface area contributed by atoms with Crippen LogP contribution in [-0.4, -0.2) is 24.4 Å². The van der Waals surface area contributed by atoms with Gasteiger partial charge in [-0.3, -0.25) is 0 Å². The molecule has 0 heterocycles. The highest BCUT2D eigenvalue weighted by atomic mass is 16.7. The van der Waals surface area contributed by atoms with Gasteiger partial charge in [0.2, 0.25) is 0 Å². The van der Waals surface area contributed by atoms with Gasteiger partial charge in [-0.2, -0.15) is 0 Å². The summed E-state index contributed by atoms with van der Waals surface area (Å²) >= 11 is 0. The Kier molecular flexibility index (Phi) is 4.20. The number of carbonyl (C=O) groups excluding carboxylic acids is 1. The maximum atomic E-state index is 11.2. The first-order valence-corrected chi connectivity index (χ1v) is 5.22. The summed E-state index contributed by atoms with van der Waals surface area (Å²) in [5, 5.41) is 0. The fraction of sp³-hybridized carbons (Fsp3) is 0.900. The number of hydrogen-bond acceptors (Lipinski definition) is 4. The maximum absolute atomic E-state index is 11.2. The average Bonchev–Trinajstić information content (AvgIpc) is 2.07. The van der Waals surface area contributed by atoms with E-state index in [1.54, 1.807) is 13.8 Å². The Morgan fingerprint density at radius 3 is 2.57 bits per heavy atom. The SMILES string of the molecule is CC(C)OC(=O)OC1CCCCC1N. The van der Waals surface area contributed by atoms with Crippen molar-refractivity contribution < 1.29 is 14.3 Å². The van der Waals surface area contributed by atoms with Crippen LogP contribution in [0.5, 0.6) is 0 Å². The molecular formula is C10H19NO3. The van der Waals surface area contributed by atoms with Crippen molar-refractivity contribution in [3.8, 4) is 0 Å². The first-order valence-electron chi connectivity index (χ1n) is 5.22. The van der Waals surface area contributed by atoms with E-state index in [4.69, 9.17) is 15.2 Å². The summed E-state index contributed by atoms with van der Waals surface area (Å²) in [5.41, 5.74) is 5.83. The molecule has 2 atom stereocenters. The summed E-state index contributed by atoms with van der Waals surface area (Å²) in [7, 11) is 0. The zero-order chi connectivity index (χ0) is 10.6. The minimum atomic E-state index is -0.595. The molecule has 0 spiro atoms. The molecule has 0 radical (unpaired) electrons. The summed E-state index contributed by atoms with van der Waals surface area (Å²) < 4.78 is 10.0. The third-order valence-corrected chi connectivity index (χ3v) is 2.33. The monoisotopic (exact) mass is 201 g/mol. The van der Waals surface area contributed by atoms with Crippen LogP contribution in [0.25, 0.3) is 0 Å². The second kappa shape index (κ2) is 5.20. The van der Waals surface area contributed by atoms with Crippen LogP contribution in [0, 0.1) is 0 Å². The quantitative estimate of drug-likeness (QED) is 0.692. The predicted molar refractivity (Wildman–Crippen MR) is 52.9 cm³/mol. The van der Waals surface area contributed by atoms with Gasteiger partial charge >= 0.3 is 6.16 Å². The number of ether oxygens (including phenoxy) is 2. The van der Waals surface area contributed by atoms with Crippen LogP contribution in [0.3, 0.4) is 0 Å². The number of nitrogens with two attached hydrogens (primary N) is 1. The molecule has 0 bridgehead atoms. The molecule has 0 saturated heterocycles. The highest BCUT2D eigenvalue weighted by Gasteiger charge is 2.26. The third kappa shape index (κ3) is 3.54. The van der Waals surface area contributed by atoms with E-state index in [1.165, 1.54) is 0 Å². The van der Waals surface area contributed by atoms with Gasteiger partial charge in [-0.1, -0.05) is 6.42 Å². The first-order chi connectivity index (χ1) is 6.59. The molecule has 1 aliphatic carbocycles. The zero-order valence-corrected chi connectivity index (χ0v) is 8.86. The molecule has 1 fully saturated rings. The van der Waals surface area contributed by atoms with Crippen molar-refractivity contribution in [1.82, 2.24) is 0 Å². The van der Waals surface area contributed by atoms with E-state index in [-0.39, 0.29) is 18.2 Å². The molecule has 82 valence electrons. The van der Waals surface area contributed by atoms with E-state index in [0.29, 0.717) is 0 Å². The largest absolute Gasteiger partial charge is 0.508 e. The number of carbonyl (C=O) groups is 1. The zero-order valence-electron chi connectivity index (χ0n) is 8.86. The van der Waals surface area contributed by atoms with Gasteiger partial charge in [0, 0.05) is 6.04 Å². The molecule has 14 heavy (non-hydrogen) atoms. The van der Waals surface area contributed by atoms with E-state index in [9.17, 15) is 4.79 Å². The molecule has 4 nitrogen and oxygen atoms in total. The van der Waals surface area contributed by atoms with Crippen LogP contribution >= 0.6 is 0 Å². The van der Waals surface area contributed by atoms with Crippen LogP contribution < -0.4 is 5.73 Å². The Hall–Kier alpha value is -0.770. The van der Waals surface area contributed by atoms with Crippen LogP contribution in [0.1, 0.15) is 39.5 Å². The lowest BCUT2D eigenvalue weighted by atomic mass is 9.93. The molecule has 1 aliphatic rings. The summed E-state index contributed by atoms with van der Waals surface area (Å²) in [6.45, 7) is 3.59. The van der Waals surface area contributed by atoms with E-state index < -0.39 is 6.16 Å². The fourth-order valence-electron chi connectivity index (χ4n) is 1.62. The van der Waals surface area contributed by atoms with Crippen LogP contribution in [0.2, 0.25) is 0 Å². The fourth-order valence-corrected chi connectivity index (χ4v) is 1.62. The molecule has 0 aromatic heterocycles. The molecule has 0 amide bonds. The molecular weight excluding hydrogens is 182 g/mol. The van der Waals surface area contributed by atoms with Crippen LogP contribution in [0.4, 0.5) is 4.79 Å². The molecule has 2 N–H and O–H groups in total. The van der Waals surface area contributed by atoms with E-state index in [0.717, 1.165) is 25.7 Å². The van der Waals surface area contributed by atoms with Crippen LogP contribution in [0.15, 0.2) is 0 Å². The predicted octanol–water partition coefficient (Wildman–Crippen LogP) is 1.82. The van der Waals surface area contributed by atoms with Gasteiger partial charge in [0.15, 0.2) is 0 Å². The molecule has 1 rings (SSSR count). The topological polar surface area (TPSA) is 61.5 Å². The van der Waals surface area contributed by atoms with E-state index in [2.05, 4.69) is 0 Å². The maximum Gasteiger partial charge on any atom is 0.508 e. The second-order valence-corrected chi connectivity index (χ2v) is 4.02. The standard InChI is InChI=1S/C10H19NO3/c1-7(2)13-10(12)14-9-6-4-3-5-8(9)11/h7-9H,3-6,11H2,1-2H3. The minimum absolute atomic E-state index is 0.0246. The molecule has 2 unspecified atom stereocenters. The van der Waals surface area contributed by atoms with E-state index >= 15 is 0 Å². The lowest BCUT2D eigenvalue weighted by Gasteiger charge is -2.27. The Labute approximate surface area is 84.7 Å². The van der Waals surface area contributed by atoms with Gasteiger partial charge < -0.3 is 15.2 Å². The molecule has 1 saturated carbocycles. The minimum Gasteiger partial charge on any atom is -0.432 e. The smallest absolute Gasteiger partial charge is 0.432 e. The Balaban J connectivity index is 2.31. The first kappa shape index (κ1) is 11.3. The highest BCUT2D eigenvalue weighted by Crippen LogP contribution is 2.20. The normalized spacial score (nSPS) is 27.4. The van der Waals surface area contributed by atoms with Gasteiger partial charge in [-0.15, -0.1) is 0 Å². The summed E-state index contributed by atoms with van der Waals surface area (Å²) in [4.78, 5) is 11.2.